The lowest BCUT2D eigenvalue weighted by Crippen LogP contribution is -2.00. The van der Waals surface area contributed by atoms with Gasteiger partial charge in [-0.3, -0.25) is 5.10 Å². The Morgan fingerprint density at radius 3 is 2.44 bits per heavy atom. The summed E-state index contributed by atoms with van der Waals surface area (Å²) < 4.78 is 29.2. The number of aromatic amines is 1. The highest BCUT2D eigenvalue weighted by atomic mass is 19.1. The summed E-state index contributed by atoms with van der Waals surface area (Å²) in [6.45, 7) is 0.235. The Kier molecular flexibility index (Phi) is 6.03. The SMILES string of the molecule is COC(=O)c1ccc(Oc2cn[nH]c2-c2ccc(OCc3ccc(F)cc3)cc2O)cc1. The number of carbonyl (C=O) groups is 1. The minimum Gasteiger partial charge on any atom is -0.507 e. The van der Waals surface area contributed by atoms with Crippen LogP contribution in [0.3, 0.4) is 0 Å². The maximum atomic E-state index is 13.0. The Hall–Kier alpha value is -4.33. The largest absolute Gasteiger partial charge is 0.507 e. The monoisotopic (exact) mass is 434 g/mol. The van der Waals surface area contributed by atoms with E-state index in [0.29, 0.717) is 34.1 Å². The van der Waals surface area contributed by atoms with Crippen molar-refractivity contribution in [3.05, 3.63) is 89.9 Å². The first-order chi connectivity index (χ1) is 15.5. The van der Waals surface area contributed by atoms with Gasteiger partial charge in [-0.1, -0.05) is 12.1 Å². The number of aromatic nitrogens is 2. The Bertz CT molecular complexity index is 1220. The van der Waals surface area contributed by atoms with Crippen LogP contribution >= 0.6 is 0 Å². The number of nitrogens with one attached hydrogen (secondary N) is 1. The van der Waals surface area contributed by atoms with Crippen LogP contribution in [-0.2, 0) is 11.3 Å². The number of nitrogens with zero attached hydrogens (tertiary/aromatic N) is 1. The van der Waals surface area contributed by atoms with Gasteiger partial charge in [-0.15, -0.1) is 0 Å². The molecule has 1 heterocycles. The highest BCUT2D eigenvalue weighted by molar-refractivity contribution is 5.89. The molecule has 0 spiro atoms. The van der Waals surface area contributed by atoms with E-state index in [9.17, 15) is 14.3 Å². The molecule has 32 heavy (non-hydrogen) atoms. The summed E-state index contributed by atoms with van der Waals surface area (Å²) in [4.78, 5) is 11.6. The quantitative estimate of drug-likeness (QED) is 0.394. The molecule has 162 valence electrons. The van der Waals surface area contributed by atoms with Crippen molar-refractivity contribution >= 4 is 5.97 Å². The van der Waals surface area contributed by atoms with Gasteiger partial charge in [0.2, 0.25) is 0 Å². The van der Waals surface area contributed by atoms with Gasteiger partial charge in [-0.05, 0) is 54.1 Å². The van der Waals surface area contributed by atoms with Gasteiger partial charge in [-0.25, -0.2) is 9.18 Å². The van der Waals surface area contributed by atoms with E-state index in [1.807, 2.05) is 0 Å². The van der Waals surface area contributed by atoms with Crippen molar-refractivity contribution in [2.45, 2.75) is 6.61 Å². The van der Waals surface area contributed by atoms with Crippen LogP contribution in [0.5, 0.6) is 23.0 Å². The molecule has 3 aromatic carbocycles. The number of rotatable bonds is 7. The molecule has 0 saturated carbocycles. The summed E-state index contributed by atoms with van der Waals surface area (Å²) >= 11 is 0. The predicted molar refractivity (Wildman–Crippen MR) is 114 cm³/mol. The van der Waals surface area contributed by atoms with Gasteiger partial charge in [-0.2, -0.15) is 5.10 Å². The zero-order chi connectivity index (χ0) is 22.5. The molecule has 8 heteroatoms. The maximum absolute atomic E-state index is 13.0. The summed E-state index contributed by atoms with van der Waals surface area (Å²) in [5.41, 5.74) is 2.15. The van der Waals surface area contributed by atoms with Gasteiger partial charge >= 0.3 is 5.97 Å². The Balaban J connectivity index is 1.48. The fourth-order valence-corrected chi connectivity index (χ4v) is 3.01. The Morgan fingerprint density at radius 2 is 1.75 bits per heavy atom. The van der Waals surface area contributed by atoms with Gasteiger partial charge in [0, 0.05) is 11.6 Å². The first-order valence-electron chi connectivity index (χ1n) is 9.63. The number of ether oxygens (including phenoxy) is 3. The molecule has 4 rings (SSSR count). The van der Waals surface area contributed by atoms with E-state index in [0.717, 1.165) is 5.56 Å². The summed E-state index contributed by atoms with van der Waals surface area (Å²) in [6.07, 6.45) is 1.49. The first kappa shape index (κ1) is 20.9. The fourth-order valence-electron chi connectivity index (χ4n) is 3.01. The van der Waals surface area contributed by atoms with Crippen molar-refractivity contribution in [1.82, 2.24) is 10.2 Å². The molecule has 0 fully saturated rings. The molecule has 0 amide bonds. The van der Waals surface area contributed by atoms with Gasteiger partial charge in [0.05, 0.1) is 18.9 Å². The third kappa shape index (κ3) is 4.70. The number of esters is 1. The summed E-state index contributed by atoms with van der Waals surface area (Å²) in [6, 6.07) is 17.3. The van der Waals surface area contributed by atoms with Gasteiger partial charge < -0.3 is 19.3 Å². The van der Waals surface area contributed by atoms with E-state index in [-0.39, 0.29) is 18.2 Å². The van der Waals surface area contributed by atoms with Crippen molar-refractivity contribution in [3.8, 4) is 34.3 Å². The molecule has 0 unspecified atom stereocenters. The van der Waals surface area contributed by atoms with E-state index in [4.69, 9.17) is 9.47 Å². The van der Waals surface area contributed by atoms with Crippen molar-refractivity contribution in [2.24, 2.45) is 0 Å². The normalized spacial score (nSPS) is 10.6. The molecule has 2 N–H and O–H groups in total. The highest BCUT2D eigenvalue weighted by Crippen LogP contribution is 2.38. The molecule has 7 nitrogen and oxygen atoms in total. The molecule has 0 aliphatic heterocycles. The number of methoxy groups -OCH3 is 1. The molecule has 0 aliphatic carbocycles. The van der Waals surface area contributed by atoms with Gasteiger partial charge in [0.25, 0.3) is 0 Å². The number of aromatic hydroxyl groups is 1. The Labute approximate surface area is 183 Å². The lowest BCUT2D eigenvalue weighted by atomic mass is 10.1. The minimum absolute atomic E-state index is 0.0308. The van der Waals surface area contributed by atoms with Crippen LogP contribution in [0.25, 0.3) is 11.3 Å². The van der Waals surface area contributed by atoms with Crippen LogP contribution in [0.4, 0.5) is 4.39 Å². The second kappa shape index (κ2) is 9.22. The Morgan fingerprint density at radius 1 is 1.03 bits per heavy atom. The number of carbonyl (C=O) groups excluding carboxylic acids is 1. The number of H-pyrrole nitrogens is 1. The molecular formula is C24H19FN2O5. The minimum atomic E-state index is -0.438. The zero-order valence-electron chi connectivity index (χ0n) is 17.0. The van der Waals surface area contributed by atoms with Crippen LogP contribution in [0, 0.1) is 5.82 Å². The topological polar surface area (TPSA) is 93.7 Å². The number of hydrogen-bond acceptors (Lipinski definition) is 6. The molecule has 0 radical (unpaired) electrons. The number of phenolic OH excluding ortho intramolecular Hbond substituents is 1. The molecule has 0 saturated heterocycles. The molecule has 1 aromatic heterocycles. The number of phenols is 1. The smallest absolute Gasteiger partial charge is 0.337 e. The van der Waals surface area contributed by atoms with E-state index < -0.39 is 5.97 Å². The second-order valence-corrected chi connectivity index (χ2v) is 6.82. The molecule has 0 bridgehead atoms. The van der Waals surface area contributed by atoms with E-state index in [1.165, 1.54) is 31.5 Å². The lowest BCUT2D eigenvalue weighted by molar-refractivity contribution is 0.0600. The first-order valence-corrected chi connectivity index (χ1v) is 9.63. The van der Waals surface area contributed by atoms with Crippen LogP contribution in [0.15, 0.2) is 72.9 Å². The third-order valence-corrected chi connectivity index (χ3v) is 4.67. The zero-order valence-corrected chi connectivity index (χ0v) is 17.0. The number of halogens is 1. The van der Waals surface area contributed by atoms with Crippen LogP contribution < -0.4 is 9.47 Å². The van der Waals surface area contributed by atoms with Gasteiger partial charge in [0.1, 0.15) is 35.4 Å². The van der Waals surface area contributed by atoms with Crippen molar-refractivity contribution in [3.63, 3.8) is 0 Å². The van der Waals surface area contributed by atoms with Crippen LogP contribution in [0.1, 0.15) is 15.9 Å². The average Bonchev–Trinajstić information content (AvgIpc) is 3.26. The fraction of sp³-hybridized carbons (Fsp3) is 0.0833. The van der Waals surface area contributed by atoms with Crippen LogP contribution in [0.2, 0.25) is 0 Å². The standard InChI is InChI=1S/C24H19FN2O5/c1-30-24(29)16-4-8-18(9-5-16)32-22-13-26-27-23(22)20-11-10-19(12-21(20)28)31-14-15-2-6-17(25)7-3-15/h2-13,28H,14H2,1H3,(H,26,27). The molecule has 0 atom stereocenters. The molecule has 0 aliphatic rings. The van der Waals surface area contributed by atoms with Crippen molar-refractivity contribution < 1.29 is 28.5 Å². The summed E-state index contributed by atoms with van der Waals surface area (Å²) in [5, 5.41) is 17.3. The predicted octanol–water partition coefficient (Wildman–Crippen LogP) is 5.08. The van der Waals surface area contributed by atoms with Crippen molar-refractivity contribution in [1.29, 1.82) is 0 Å². The van der Waals surface area contributed by atoms with E-state index >= 15 is 0 Å². The summed E-state index contributed by atoms with van der Waals surface area (Å²) in [7, 11) is 1.32. The average molecular weight is 434 g/mol. The highest BCUT2D eigenvalue weighted by Gasteiger charge is 2.15. The molecular weight excluding hydrogens is 415 g/mol. The lowest BCUT2D eigenvalue weighted by Gasteiger charge is -2.11. The van der Waals surface area contributed by atoms with Crippen LogP contribution in [-0.4, -0.2) is 28.4 Å². The number of hydrogen-bond donors (Lipinski definition) is 2. The van der Waals surface area contributed by atoms with E-state index in [2.05, 4.69) is 14.9 Å². The van der Waals surface area contributed by atoms with Gasteiger partial charge in [0.15, 0.2) is 5.75 Å². The third-order valence-electron chi connectivity index (χ3n) is 4.67. The number of benzene rings is 3. The second-order valence-electron chi connectivity index (χ2n) is 6.82. The van der Waals surface area contributed by atoms with Crippen molar-refractivity contribution in [2.75, 3.05) is 7.11 Å². The molecule has 4 aromatic rings. The van der Waals surface area contributed by atoms with E-state index in [1.54, 1.807) is 48.5 Å². The maximum Gasteiger partial charge on any atom is 0.337 e. The summed E-state index contributed by atoms with van der Waals surface area (Å²) in [5.74, 6) is 0.554.